The molecule has 2 N–H and O–H groups in total. The molecule has 0 aliphatic heterocycles. The Hall–Kier alpha value is -0.610. The van der Waals surface area contributed by atoms with Gasteiger partial charge in [-0.1, -0.05) is 11.3 Å². The van der Waals surface area contributed by atoms with Crippen LogP contribution in [0.4, 0.5) is 0 Å². The van der Waals surface area contributed by atoms with Crippen molar-refractivity contribution in [3.63, 3.8) is 0 Å². The highest BCUT2D eigenvalue weighted by Crippen LogP contribution is 2.22. The second-order valence-corrected chi connectivity index (χ2v) is 3.42. The normalized spacial score (nSPS) is 10.1. The number of hydrogen-bond donors (Lipinski definition) is 1. The van der Waals surface area contributed by atoms with Crippen LogP contribution in [0.2, 0.25) is 0 Å². The summed E-state index contributed by atoms with van der Waals surface area (Å²) in [6.07, 6.45) is 0. The number of aryl methyl sites for hydroxylation is 2. The van der Waals surface area contributed by atoms with E-state index in [1.807, 2.05) is 13.8 Å². The topological polar surface area (TPSA) is 48.1 Å². The maximum atomic E-state index is 5.27. The van der Waals surface area contributed by atoms with Gasteiger partial charge >= 0.3 is 0 Å². The van der Waals surface area contributed by atoms with Gasteiger partial charge in [0.25, 0.3) is 5.19 Å². The first-order valence-electron chi connectivity index (χ1n) is 3.51. The second-order valence-electron chi connectivity index (χ2n) is 2.26. The zero-order chi connectivity index (χ0) is 8.27. The molecular weight excluding hydrogens is 160 g/mol. The van der Waals surface area contributed by atoms with Crippen LogP contribution in [0.1, 0.15) is 10.6 Å². The van der Waals surface area contributed by atoms with Crippen molar-refractivity contribution < 1.29 is 4.74 Å². The van der Waals surface area contributed by atoms with E-state index in [4.69, 9.17) is 10.5 Å². The molecule has 0 aromatic carbocycles. The number of nitrogens with zero attached hydrogens (tertiary/aromatic N) is 1. The van der Waals surface area contributed by atoms with E-state index in [1.54, 1.807) is 11.3 Å². The molecule has 1 aromatic rings. The minimum absolute atomic E-state index is 0.539. The molecule has 0 aliphatic rings. The van der Waals surface area contributed by atoms with Crippen molar-refractivity contribution >= 4 is 11.3 Å². The summed E-state index contributed by atoms with van der Waals surface area (Å²) in [5, 5.41) is 0.727. The molecule has 1 heterocycles. The van der Waals surface area contributed by atoms with Crippen LogP contribution >= 0.6 is 11.3 Å². The lowest BCUT2D eigenvalue weighted by atomic mass is 10.4. The average Bonchev–Trinajstić information content (AvgIpc) is 2.28. The highest BCUT2D eigenvalue weighted by molar-refractivity contribution is 7.13. The van der Waals surface area contributed by atoms with Crippen molar-refractivity contribution in [2.75, 3.05) is 13.2 Å². The van der Waals surface area contributed by atoms with E-state index in [2.05, 4.69) is 4.98 Å². The summed E-state index contributed by atoms with van der Waals surface area (Å²) in [7, 11) is 0. The molecule has 1 aromatic heterocycles. The lowest BCUT2D eigenvalue weighted by molar-refractivity contribution is 0.326. The fourth-order valence-electron chi connectivity index (χ4n) is 0.651. The monoisotopic (exact) mass is 172 g/mol. The Labute approximate surface area is 70.2 Å². The summed E-state index contributed by atoms with van der Waals surface area (Å²) >= 11 is 1.57. The van der Waals surface area contributed by atoms with Gasteiger partial charge in [0.1, 0.15) is 6.61 Å². The van der Waals surface area contributed by atoms with Crippen molar-refractivity contribution in [3.05, 3.63) is 10.6 Å². The van der Waals surface area contributed by atoms with Gasteiger partial charge in [0.05, 0.1) is 5.69 Å². The minimum atomic E-state index is 0.539. The Kier molecular flexibility index (Phi) is 2.84. The molecule has 0 aliphatic carbocycles. The summed E-state index contributed by atoms with van der Waals surface area (Å²) in [5.41, 5.74) is 6.32. The quantitative estimate of drug-likeness (QED) is 0.742. The Bertz CT molecular complexity index is 215. The summed E-state index contributed by atoms with van der Waals surface area (Å²) in [6.45, 7) is 5.09. The van der Waals surface area contributed by atoms with Crippen LogP contribution in [0.25, 0.3) is 0 Å². The van der Waals surface area contributed by atoms with Crippen LogP contribution in [0.5, 0.6) is 5.19 Å². The molecule has 0 radical (unpaired) electrons. The molecule has 0 atom stereocenters. The standard InChI is InChI=1S/C7H12N2OS/c1-5-6(2)11-7(9-5)10-4-3-8/h3-4,8H2,1-2H3. The van der Waals surface area contributed by atoms with Gasteiger partial charge in [-0.2, -0.15) is 0 Å². The van der Waals surface area contributed by atoms with Crippen LogP contribution < -0.4 is 10.5 Å². The van der Waals surface area contributed by atoms with Gasteiger partial charge in [-0.05, 0) is 13.8 Å². The molecule has 11 heavy (non-hydrogen) atoms. The van der Waals surface area contributed by atoms with Crippen LogP contribution in [0.3, 0.4) is 0 Å². The van der Waals surface area contributed by atoms with E-state index < -0.39 is 0 Å². The zero-order valence-corrected chi connectivity index (χ0v) is 7.57. The SMILES string of the molecule is Cc1nc(OCCN)sc1C. The minimum Gasteiger partial charge on any atom is -0.469 e. The molecule has 1 rings (SSSR count). The smallest absolute Gasteiger partial charge is 0.273 e. The Balaban J connectivity index is 2.58. The van der Waals surface area contributed by atoms with Crippen molar-refractivity contribution in [2.24, 2.45) is 5.73 Å². The third-order valence-corrected chi connectivity index (χ3v) is 2.34. The van der Waals surface area contributed by atoms with Crippen LogP contribution in [0.15, 0.2) is 0 Å². The lowest BCUT2D eigenvalue weighted by Gasteiger charge is -1.96. The van der Waals surface area contributed by atoms with Gasteiger partial charge in [-0.15, -0.1) is 0 Å². The highest BCUT2D eigenvalue weighted by Gasteiger charge is 2.02. The third kappa shape index (κ3) is 2.17. The first-order valence-corrected chi connectivity index (χ1v) is 4.32. The van der Waals surface area contributed by atoms with E-state index in [-0.39, 0.29) is 0 Å². The largest absolute Gasteiger partial charge is 0.469 e. The molecule has 4 heteroatoms. The summed E-state index contributed by atoms with van der Waals surface area (Å²) in [6, 6.07) is 0. The van der Waals surface area contributed by atoms with Crippen molar-refractivity contribution in [2.45, 2.75) is 13.8 Å². The van der Waals surface area contributed by atoms with Gasteiger partial charge in [0, 0.05) is 11.4 Å². The summed E-state index contributed by atoms with van der Waals surface area (Å²) < 4.78 is 5.24. The first kappa shape index (κ1) is 8.49. The summed E-state index contributed by atoms with van der Waals surface area (Å²) in [5.74, 6) is 0. The van der Waals surface area contributed by atoms with E-state index in [1.165, 1.54) is 4.88 Å². The molecule has 0 amide bonds. The zero-order valence-electron chi connectivity index (χ0n) is 6.76. The fourth-order valence-corrected chi connectivity index (χ4v) is 1.43. The second kappa shape index (κ2) is 3.69. The van der Waals surface area contributed by atoms with Gasteiger partial charge in [-0.3, -0.25) is 0 Å². The highest BCUT2D eigenvalue weighted by atomic mass is 32.1. The van der Waals surface area contributed by atoms with Gasteiger partial charge in [0.15, 0.2) is 0 Å². The average molecular weight is 172 g/mol. The van der Waals surface area contributed by atoms with Gasteiger partial charge < -0.3 is 10.5 Å². The van der Waals surface area contributed by atoms with Crippen LogP contribution in [-0.2, 0) is 0 Å². The molecule has 0 saturated carbocycles. The van der Waals surface area contributed by atoms with Crippen LogP contribution in [-0.4, -0.2) is 18.1 Å². The van der Waals surface area contributed by atoms with Crippen molar-refractivity contribution in [1.82, 2.24) is 4.98 Å². The van der Waals surface area contributed by atoms with E-state index >= 15 is 0 Å². The maximum Gasteiger partial charge on any atom is 0.273 e. The van der Waals surface area contributed by atoms with E-state index in [0.717, 1.165) is 10.9 Å². The van der Waals surface area contributed by atoms with Crippen molar-refractivity contribution in [3.8, 4) is 5.19 Å². The lowest BCUT2D eigenvalue weighted by Crippen LogP contribution is -2.10. The predicted molar refractivity (Wildman–Crippen MR) is 46.1 cm³/mol. The molecular formula is C7H12N2OS. The van der Waals surface area contributed by atoms with Crippen molar-refractivity contribution in [1.29, 1.82) is 0 Å². The van der Waals surface area contributed by atoms with E-state index in [0.29, 0.717) is 13.2 Å². The number of nitrogens with two attached hydrogens (primary N) is 1. The summed E-state index contributed by atoms with van der Waals surface area (Å²) in [4.78, 5) is 5.39. The van der Waals surface area contributed by atoms with Gasteiger partial charge in [0.2, 0.25) is 0 Å². The Morgan fingerprint density at radius 3 is 2.73 bits per heavy atom. The molecule has 0 fully saturated rings. The van der Waals surface area contributed by atoms with E-state index in [9.17, 15) is 0 Å². The number of ether oxygens (including phenoxy) is 1. The molecule has 0 saturated heterocycles. The Morgan fingerprint density at radius 2 is 2.27 bits per heavy atom. The number of rotatable bonds is 3. The molecule has 0 unspecified atom stereocenters. The number of aromatic nitrogens is 1. The van der Waals surface area contributed by atoms with Gasteiger partial charge in [-0.25, -0.2) is 4.98 Å². The first-order chi connectivity index (χ1) is 5.24. The fraction of sp³-hybridized carbons (Fsp3) is 0.571. The predicted octanol–water partition coefficient (Wildman–Crippen LogP) is 1.10. The maximum absolute atomic E-state index is 5.27. The Morgan fingerprint density at radius 1 is 1.55 bits per heavy atom. The van der Waals surface area contributed by atoms with Crippen LogP contribution in [0, 0.1) is 13.8 Å². The molecule has 0 bridgehead atoms. The molecule has 62 valence electrons. The number of thiazole rings is 1. The molecule has 3 nitrogen and oxygen atoms in total. The third-order valence-electron chi connectivity index (χ3n) is 1.35. The number of hydrogen-bond acceptors (Lipinski definition) is 4. The molecule has 0 spiro atoms.